The molecule has 1 aromatic heterocycles. The number of hydrazone groups is 1. The summed E-state index contributed by atoms with van der Waals surface area (Å²) >= 11 is 14.3. The summed E-state index contributed by atoms with van der Waals surface area (Å²) in [6, 6.07) is 15.0. The zero-order chi connectivity index (χ0) is 17.6. The van der Waals surface area contributed by atoms with Gasteiger partial charge in [0.1, 0.15) is 4.88 Å². The fraction of sp³-hybridized carbons (Fsp3) is 0.111. The summed E-state index contributed by atoms with van der Waals surface area (Å²) in [6.45, 7) is 1.44. The number of amides is 1. The third-order valence-electron chi connectivity index (χ3n) is 3.87. The van der Waals surface area contributed by atoms with Crippen molar-refractivity contribution in [2.75, 3.05) is 0 Å². The second kappa shape index (κ2) is 6.33. The molecule has 0 saturated heterocycles. The average molecular weight is 391 g/mol. The van der Waals surface area contributed by atoms with Gasteiger partial charge in [-0.3, -0.25) is 4.79 Å². The van der Waals surface area contributed by atoms with Crippen LogP contribution in [0.2, 0.25) is 10.0 Å². The minimum atomic E-state index is -0.706. The van der Waals surface area contributed by atoms with Gasteiger partial charge in [-0.15, -0.1) is 16.4 Å². The van der Waals surface area contributed by atoms with Crippen LogP contribution in [0.3, 0.4) is 0 Å². The first-order valence-corrected chi connectivity index (χ1v) is 9.10. The van der Waals surface area contributed by atoms with E-state index >= 15 is 0 Å². The molecule has 1 aliphatic heterocycles. The van der Waals surface area contributed by atoms with E-state index in [9.17, 15) is 4.79 Å². The molecule has 25 heavy (non-hydrogen) atoms. The van der Waals surface area contributed by atoms with Gasteiger partial charge in [0.2, 0.25) is 12.1 Å². The first-order chi connectivity index (χ1) is 12.1. The van der Waals surface area contributed by atoms with Gasteiger partial charge in [-0.25, -0.2) is 0 Å². The van der Waals surface area contributed by atoms with Crippen molar-refractivity contribution in [1.82, 2.24) is 5.01 Å². The minimum absolute atomic E-state index is 0.239. The maximum atomic E-state index is 12.0. The van der Waals surface area contributed by atoms with Gasteiger partial charge in [0, 0.05) is 27.6 Å². The minimum Gasteiger partial charge on any atom is -0.445 e. The van der Waals surface area contributed by atoms with Crippen molar-refractivity contribution < 1.29 is 9.53 Å². The van der Waals surface area contributed by atoms with Gasteiger partial charge >= 0.3 is 0 Å². The highest BCUT2D eigenvalue weighted by Gasteiger charge is 2.35. The topological polar surface area (TPSA) is 41.9 Å². The Morgan fingerprint density at radius 2 is 1.88 bits per heavy atom. The number of nitrogens with zero attached hydrogens (tertiary/aromatic N) is 2. The van der Waals surface area contributed by atoms with E-state index in [0.29, 0.717) is 26.4 Å². The van der Waals surface area contributed by atoms with Crippen LogP contribution < -0.4 is 0 Å². The Morgan fingerprint density at radius 3 is 2.60 bits per heavy atom. The van der Waals surface area contributed by atoms with Crippen LogP contribution in [0.4, 0.5) is 0 Å². The standard InChI is InChI=1S/C18H12Cl2N2O2S/c1-10(23)22-18(11-6-2-4-8-13(11)19)24-17(21-22)16-15(20)12-7-3-5-9-14(12)25-16/h2-9,18H,1H3. The van der Waals surface area contributed by atoms with Crippen molar-refractivity contribution in [3.05, 3.63) is 69.0 Å². The van der Waals surface area contributed by atoms with Crippen molar-refractivity contribution in [1.29, 1.82) is 0 Å². The molecule has 0 N–H and O–H groups in total. The SMILES string of the molecule is CC(=O)N1N=C(c2sc3ccccc3c2Cl)OC1c1ccccc1Cl. The summed E-state index contributed by atoms with van der Waals surface area (Å²) in [6.07, 6.45) is -0.706. The lowest BCUT2D eigenvalue weighted by molar-refractivity contribution is -0.135. The highest BCUT2D eigenvalue weighted by Crippen LogP contribution is 2.40. The summed E-state index contributed by atoms with van der Waals surface area (Å²) in [7, 11) is 0. The normalized spacial score (nSPS) is 16.8. The molecule has 0 aliphatic carbocycles. The molecule has 2 heterocycles. The highest BCUT2D eigenvalue weighted by atomic mass is 35.5. The number of rotatable bonds is 2. The summed E-state index contributed by atoms with van der Waals surface area (Å²) in [4.78, 5) is 12.7. The summed E-state index contributed by atoms with van der Waals surface area (Å²) in [5.74, 6) is 0.0865. The van der Waals surface area contributed by atoms with E-state index in [1.54, 1.807) is 6.07 Å². The number of halogens is 2. The number of ether oxygens (including phenoxy) is 1. The Hall–Kier alpha value is -2.08. The van der Waals surface area contributed by atoms with E-state index in [-0.39, 0.29) is 5.91 Å². The fourth-order valence-electron chi connectivity index (χ4n) is 2.69. The Kier molecular flexibility index (Phi) is 4.15. The lowest BCUT2D eigenvalue weighted by atomic mass is 10.2. The molecule has 1 atom stereocenters. The number of carbonyl (C=O) groups is 1. The predicted molar refractivity (Wildman–Crippen MR) is 101 cm³/mol. The molecule has 0 radical (unpaired) electrons. The maximum Gasteiger partial charge on any atom is 0.252 e. The molecule has 0 spiro atoms. The highest BCUT2D eigenvalue weighted by molar-refractivity contribution is 7.21. The van der Waals surface area contributed by atoms with Crippen molar-refractivity contribution in [3.8, 4) is 0 Å². The summed E-state index contributed by atoms with van der Waals surface area (Å²) in [5.41, 5.74) is 0.676. The molecule has 3 aromatic rings. The number of fused-ring (bicyclic) bond motifs is 1. The number of benzene rings is 2. The smallest absolute Gasteiger partial charge is 0.252 e. The van der Waals surface area contributed by atoms with Gasteiger partial charge in [-0.2, -0.15) is 5.01 Å². The molecule has 1 aliphatic rings. The molecule has 4 rings (SSSR count). The molecule has 0 bridgehead atoms. The van der Waals surface area contributed by atoms with Crippen LogP contribution in [0.25, 0.3) is 10.1 Å². The first kappa shape index (κ1) is 16.4. The van der Waals surface area contributed by atoms with Crippen LogP contribution in [0.5, 0.6) is 0 Å². The van der Waals surface area contributed by atoms with E-state index < -0.39 is 6.23 Å². The van der Waals surface area contributed by atoms with Gasteiger partial charge in [-0.05, 0) is 12.1 Å². The second-order valence-corrected chi connectivity index (χ2v) is 7.34. The van der Waals surface area contributed by atoms with Crippen LogP contribution >= 0.6 is 34.5 Å². The third kappa shape index (κ3) is 2.78. The molecule has 4 nitrogen and oxygen atoms in total. The van der Waals surface area contributed by atoms with Crippen molar-refractivity contribution in [3.63, 3.8) is 0 Å². The second-order valence-electron chi connectivity index (χ2n) is 5.50. The van der Waals surface area contributed by atoms with Gasteiger partial charge < -0.3 is 4.74 Å². The number of hydrogen-bond acceptors (Lipinski definition) is 4. The Morgan fingerprint density at radius 1 is 1.16 bits per heavy atom. The van der Waals surface area contributed by atoms with E-state index in [0.717, 1.165) is 10.1 Å². The van der Waals surface area contributed by atoms with Crippen LogP contribution in [0, 0.1) is 0 Å². The van der Waals surface area contributed by atoms with E-state index in [1.807, 2.05) is 42.5 Å². The molecular weight excluding hydrogens is 379 g/mol. The molecule has 7 heteroatoms. The van der Waals surface area contributed by atoms with Gasteiger partial charge in [0.15, 0.2) is 0 Å². The van der Waals surface area contributed by atoms with Gasteiger partial charge in [0.25, 0.3) is 5.90 Å². The van der Waals surface area contributed by atoms with Gasteiger partial charge in [0.05, 0.1) is 5.02 Å². The van der Waals surface area contributed by atoms with E-state index in [4.69, 9.17) is 27.9 Å². The number of hydrogen-bond donors (Lipinski definition) is 0. The zero-order valence-corrected chi connectivity index (χ0v) is 15.4. The Bertz CT molecular complexity index is 1020. The van der Waals surface area contributed by atoms with Crippen molar-refractivity contribution in [2.24, 2.45) is 5.10 Å². The quantitative estimate of drug-likeness (QED) is 0.583. The molecule has 0 fully saturated rings. The lowest BCUT2D eigenvalue weighted by Gasteiger charge is -2.20. The Labute approximate surface area is 158 Å². The third-order valence-corrected chi connectivity index (χ3v) is 5.87. The summed E-state index contributed by atoms with van der Waals surface area (Å²) < 4.78 is 7.03. The Balaban J connectivity index is 1.78. The van der Waals surface area contributed by atoms with E-state index in [1.165, 1.54) is 23.3 Å². The molecule has 126 valence electrons. The number of thiophene rings is 1. The van der Waals surface area contributed by atoms with Crippen molar-refractivity contribution in [2.45, 2.75) is 13.2 Å². The van der Waals surface area contributed by atoms with Crippen LogP contribution in [-0.2, 0) is 9.53 Å². The molecular formula is C18H12Cl2N2O2S. The average Bonchev–Trinajstić information content (AvgIpc) is 3.18. The molecule has 0 saturated carbocycles. The number of carbonyl (C=O) groups excluding carboxylic acids is 1. The maximum absolute atomic E-state index is 12.0. The zero-order valence-electron chi connectivity index (χ0n) is 13.1. The first-order valence-electron chi connectivity index (χ1n) is 7.53. The molecule has 2 aromatic carbocycles. The van der Waals surface area contributed by atoms with Crippen LogP contribution in [0.15, 0.2) is 53.6 Å². The van der Waals surface area contributed by atoms with E-state index in [2.05, 4.69) is 5.10 Å². The summed E-state index contributed by atoms with van der Waals surface area (Å²) in [5, 5.41) is 7.67. The largest absolute Gasteiger partial charge is 0.445 e. The fourth-order valence-corrected chi connectivity index (χ4v) is 4.36. The lowest BCUT2D eigenvalue weighted by Crippen LogP contribution is -2.25. The van der Waals surface area contributed by atoms with Gasteiger partial charge in [-0.1, -0.05) is 59.6 Å². The predicted octanol–water partition coefficient (Wildman–Crippen LogP) is 5.45. The molecule has 1 amide bonds. The monoisotopic (exact) mass is 390 g/mol. The van der Waals surface area contributed by atoms with Crippen LogP contribution in [0.1, 0.15) is 23.6 Å². The van der Waals surface area contributed by atoms with Crippen LogP contribution in [-0.4, -0.2) is 16.8 Å². The van der Waals surface area contributed by atoms with Crippen molar-refractivity contribution >= 4 is 56.4 Å². The molecule has 1 unspecified atom stereocenters.